The highest BCUT2D eigenvalue weighted by Crippen LogP contribution is 2.26. The number of carbonyl (C=O) groups is 1. The first-order valence-corrected chi connectivity index (χ1v) is 7.49. The van der Waals surface area contributed by atoms with Gasteiger partial charge in [0.25, 0.3) is 0 Å². The van der Waals surface area contributed by atoms with Crippen LogP contribution in [0.15, 0.2) is 0 Å². The summed E-state index contributed by atoms with van der Waals surface area (Å²) in [5.41, 5.74) is -0.463. The Morgan fingerprint density at radius 3 is 2.58 bits per heavy atom. The smallest absolute Gasteiger partial charge is 0.410 e. The molecule has 4 nitrogen and oxygen atoms in total. The Balaban J connectivity index is 2.81. The number of carbonyl (C=O) groups excluding carboxylic acids is 1. The van der Waals surface area contributed by atoms with Crippen molar-refractivity contribution >= 4 is 6.09 Å². The van der Waals surface area contributed by atoms with E-state index in [9.17, 15) is 9.90 Å². The van der Waals surface area contributed by atoms with Crippen molar-refractivity contribution in [2.75, 3.05) is 13.2 Å². The Hall–Kier alpha value is -0.770. The van der Waals surface area contributed by atoms with Gasteiger partial charge in [0.05, 0.1) is 0 Å². The van der Waals surface area contributed by atoms with Gasteiger partial charge < -0.3 is 14.7 Å². The van der Waals surface area contributed by atoms with Crippen molar-refractivity contribution in [1.29, 1.82) is 0 Å². The number of nitrogens with zero attached hydrogens (tertiary/aromatic N) is 1. The summed E-state index contributed by atoms with van der Waals surface area (Å²) >= 11 is 0. The fourth-order valence-corrected chi connectivity index (χ4v) is 2.69. The van der Waals surface area contributed by atoms with E-state index < -0.39 is 5.60 Å². The number of amides is 1. The average Bonchev–Trinajstić information content (AvgIpc) is 2.54. The topological polar surface area (TPSA) is 49.8 Å². The summed E-state index contributed by atoms with van der Waals surface area (Å²) in [6.07, 6.45) is 4.93. The first-order valence-electron chi connectivity index (χ1n) is 7.49. The maximum atomic E-state index is 12.3. The van der Waals surface area contributed by atoms with Crippen LogP contribution in [0.4, 0.5) is 4.79 Å². The van der Waals surface area contributed by atoms with Gasteiger partial charge in [-0.25, -0.2) is 4.79 Å². The number of ether oxygens (including phenoxy) is 1. The largest absolute Gasteiger partial charge is 0.444 e. The van der Waals surface area contributed by atoms with E-state index in [-0.39, 0.29) is 24.7 Å². The van der Waals surface area contributed by atoms with Gasteiger partial charge in [-0.05, 0) is 40.0 Å². The van der Waals surface area contributed by atoms with E-state index in [2.05, 4.69) is 6.92 Å². The number of hydrogen-bond donors (Lipinski definition) is 1. The lowest BCUT2D eigenvalue weighted by Crippen LogP contribution is -2.47. The van der Waals surface area contributed by atoms with Crippen LogP contribution in [-0.2, 0) is 4.74 Å². The molecule has 0 aliphatic carbocycles. The highest BCUT2D eigenvalue weighted by Gasteiger charge is 2.33. The molecule has 1 N–H and O–H groups in total. The lowest BCUT2D eigenvalue weighted by atomic mass is 9.93. The third kappa shape index (κ3) is 5.01. The van der Waals surface area contributed by atoms with Crippen LogP contribution in [0.3, 0.4) is 0 Å². The summed E-state index contributed by atoms with van der Waals surface area (Å²) in [7, 11) is 0. The van der Waals surface area contributed by atoms with Crippen LogP contribution in [-0.4, -0.2) is 40.9 Å². The molecular formula is C15H29NO3. The summed E-state index contributed by atoms with van der Waals surface area (Å²) < 4.78 is 5.51. The van der Waals surface area contributed by atoms with E-state index in [1.165, 1.54) is 0 Å². The highest BCUT2D eigenvalue weighted by atomic mass is 16.6. The average molecular weight is 271 g/mol. The van der Waals surface area contributed by atoms with Crippen molar-refractivity contribution in [3.05, 3.63) is 0 Å². The molecule has 1 amide bonds. The van der Waals surface area contributed by atoms with Crippen molar-refractivity contribution in [1.82, 2.24) is 4.90 Å². The zero-order valence-electron chi connectivity index (χ0n) is 12.8. The van der Waals surface area contributed by atoms with Crippen LogP contribution >= 0.6 is 0 Å². The molecule has 19 heavy (non-hydrogen) atoms. The van der Waals surface area contributed by atoms with Crippen LogP contribution in [0, 0.1) is 5.92 Å². The summed E-state index contributed by atoms with van der Waals surface area (Å²) in [4.78, 5) is 14.2. The van der Waals surface area contributed by atoms with E-state index >= 15 is 0 Å². The zero-order valence-corrected chi connectivity index (χ0v) is 12.8. The quantitative estimate of drug-likeness (QED) is 0.857. The fraction of sp³-hybridized carbons (Fsp3) is 0.933. The Morgan fingerprint density at radius 2 is 2.05 bits per heavy atom. The minimum Gasteiger partial charge on any atom is -0.444 e. The van der Waals surface area contributed by atoms with Crippen molar-refractivity contribution < 1.29 is 14.6 Å². The summed E-state index contributed by atoms with van der Waals surface area (Å²) in [5.74, 6) is 0.158. The molecule has 1 rings (SSSR count). The normalized spacial score (nSPS) is 22.8. The van der Waals surface area contributed by atoms with Gasteiger partial charge in [-0.3, -0.25) is 0 Å². The summed E-state index contributed by atoms with van der Waals surface area (Å²) in [6.45, 7) is 8.62. The minimum absolute atomic E-state index is 0.118. The molecule has 1 aliphatic heterocycles. The molecule has 0 aromatic rings. The molecule has 0 radical (unpaired) electrons. The van der Waals surface area contributed by atoms with Crippen molar-refractivity contribution in [2.45, 2.75) is 71.4 Å². The van der Waals surface area contributed by atoms with Gasteiger partial charge in [0.15, 0.2) is 0 Å². The SMILES string of the molecule is CCC(CO)C1CCCCCN1C(=O)OC(C)(C)C. The number of rotatable bonds is 3. The van der Waals surface area contributed by atoms with Crippen LogP contribution in [0.25, 0.3) is 0 Å². The molecule has 0 bridgehead atoms. The number of hydrogen-bond acceptors (Lipinski definition) is 3. The third-order valence-corrected chi connectivity index (χ3v) is 3.73. The Labute approximate surface area is 117 Å². The summed E-state index contributed by atoms with van der Waals surface area (Å²) in [5, 5.41) is 9.52. The van der Waals surface area contributed by atoms with Crippen LogP contribution < -0.4 is 0 Å². The second kappa shape index (κ2) is 7.13. The number of aliphatic hydroxyl groups is 1. The van der Waals surface area contributed by atoms with E-state index in [1.807, 2.05) is 25.7 Å². The van der Waals surface area contributed by atoms with E-state index in [4.69, 9.17) is 4.74 Å². The molecular weight excluding hydrogens is 242 g/mol. The first-order chi connectivity index (χ1) is 8.89. The Morgan fingerprint density at radius 1 is 1.37 bits per heavy atom. The molecule has 1 heterocycles. The second-order valence-corrected chi connectivity index (χ2v) is 6.44. The molecule has 2 unspecified atom stereocenters. The molecule has 2 atom stereocenters. The third-order valence-electron chi connectivity index (χ3n) is 3.73. The molecule has 1 saturated heterocycles. The highest BCUT2D eigenvalue weighted by molar-refractivity contribution is 5.68. The summed E-state index contributed by atoms with van der Waals surface area (Å²) in [6, 6.07) is 0.118. The van der Waals surface area contributed by atoms with Gasteiger partial charge in [-0.2, -0.15) is 0 Å². The second-order valence-electron chi connectivity index (χ2n) is 6.44. The van der Waals surface area contributed by atoms with E-state index in [1.54, 1.807) is 0 Å². The van der Waals surface area contributed by atoms with Gasteiger partial charge in [0.2, 0.25) is 0 Å². The van der Waals surface area contributed by atoms with Crippen molar-refractivity contribution in [3.63, 3.8) is 0 Å². The van der Waals surface area contributed by atoms with Crippen LogP contribution in [0.5, 0.6) is 0 Å². The Bertz CT molecular complexity index is 282. The fourth-order valence-electron chi connectivity index (χ4n) is 2.69. The first kappa shape index (κ1) is 16.3. The lowest BCUT2D eigenvalue weighted by molar-refractivity contribution is 0.00544. The maximum absolute atomic E-state index is 12.3. The lowest BCUT2D eigenvalue weighted by Gasteiger charge is -2.36. The number of likely N-dealkylation sites (tertiary alicyclic amines) is 1. The van der Waals surface area contributed by atoms with Gasteiger partial charge in [-0.1, -0.05) is 19.8 Å². The molecule has 1 fully saturated rings. The van der Waals surface area contributed by atoms with Gasteiger partial charge in [0, 0.05) is 25.1 Å². The van der Waals surface area contributed by atoms with Gasteiger partial charge in [0.1, 0.15) is 5.60 Å². The Kier molecular flexibility index (Phi) is 6.11. The van der Waals surface area contributed by atoms with Crippen LogP contribution in [0.2, 0.25) is 0 Å². The number of aliphatic hydroxyl groups excluding tert-OH is 1. The van der Waals surface area contributed by atoms with Crippen molar-refractivity contribution in [2.24, 2.45) is 5.92 Å². The molecule has 0 saturated carbocycles. The molecule has 0 aromatic heterocycles. The predicted octanol–water partition coefficient (Wildman–Crippen LogP) is 3.18. The standard InChI is InChI=1S/C15H29NO3/c1-5-12(11-17)13-9-7-6-8-10-16(13)14(18)19-15(2,3)4/h12-13,17H,5-11H2,1-4H3. The monoisotopic (exact) mass is 271 g/mol. The predicted molar refractivity (Wildman–Crippen MR) is 76.1 cm³/mol. The van der Waals surface area contributed by atoms with E-state index in [0.29, 0.717) is 0 Å². The van der Waals surface area contributed by atoms with Gasteiger partial charge >= 0.3 is 6.09 Å². The van der Waals surface area contributed by atoms with Crippen molar-refractivity contribution in [3.8, 4) is 0 Å². The molecule has 112 valence electrons. The molecule has 0 aromatic carbocycles. The minimum atomic E-state index is -0.463. The molecule has 0 spiro atoms. The molecule has 1 aliphatic rings. The van der Waals surface area contributed by atoms with Gasteiger partial charge in [-0.15, -0.1) is 0 Å². The van der Waals surface area contributed by atoms with Crippen LogP contribution in [0.1, 0.15) is 59.8 Å². The molecule has 4 heteroatoms. The van der Waals surface area contributed by atoms with E-state index in [0.717, 1.165) is 38.6 Å². The maximum Gasteiger partial charge on any atom is 0.410 e. The zero-order chi connectivity index (χ0) is 14.5.